The Bertz CT molecular complexity index is 465. The lowest BCUT2D eigenvalue weighted by Crippen LogP contribution is -2.46. The van der Waals surface area contributed by atoms with E-state index in [4.69, 9.17) is 14.3 Å². The number of nitrogens with one attached hydrogen (secondary N) is 1. The van der Waals surface area contributed by atoms with E-state index < -0.39 is 29.3 Å². The Morgan fingerprint density at radius 2 is 1.52 bits per heavy atom. The maximum atomic E-state index is 12.3. The highest BCUT2D eigenvalue weighted by molar-refractivity contribution is 5.82. The van der Waals surface area contributed by atoms with Crippen LogP contribution < -0.4 is 5.32 Å². The molecule has 0 fully saturated rings. The SMILES string of the molecule is CON(C)C(=O)CCC[C@@H](NC(=O)OC(C)(C)C)C(=O)OC(C)(C)C. The molecule has 0 spiro atoms. The Labute approximate surface area is 150 Å². The number of hydrogen-bond donors (Lipinski definition) is 1. The zero-order valence-corrected chi connectivity index (χ0v) is 16.6. The Kier molecular flexibility index (Phi) is 8.90. The molecule has 8 heteroatoms. The number of nitrogens with zero attached hydrogens (tertiary/aromatic N) is 1. The second-order valence-electron chi connectivity index (χ2n) is 7.70. The molecule has 8 nitrogen and oxygen atoms in total. The molecule has 1 atom stereocenters. The second kappa shape index (κ2) is 9.60. The van der Waals surface area contributed by atoms with Gasteiger partial charge in [-0.15, -0.1) is 0 Å². The topological polar surface area (TPSA) is 94.2 Å². The number of carbonyl (C=O) groups is 3. The number of esters is 1. The molecule has 0 aromatic carbocycles. The zero-order valence-electron chi connectivity index (χ0n) is 16.6. The summed E-state index contributed by atoms with van der Waals surface area (Å²) in [5, 5.41) is 3.64. The van der Waals surface area contributed by atoms with E-state index in [0.717, 1.165) is 5.06 Å². The third-order valence-corrected chi connectivity index (χ3v) is 2.89. The van der Waals surface area contributed by atoms with Crippen LogP contribution in [0.2, 0.25) is 0 Å². The van der Waals surface area contributed by atoms with Gasteiger partial charge < -0.3 is 14.8 Å². The van der Waals surface area contributed by atoms with E-state index >= 15 is 0 Å². The monoisotopic (exact) mass is 360 g/mol. The summed E-state index contributed by atoms with van der Waals surface area (Å²) in [6.07, 6.45) is 0.104. The standard InChI is InChI=1S/C17H32N2O6/c1-16(2,3)24-14(21)12(18-15(22)25-17(4,5)6)10-9-11-13(20)19(7)23-8/h12H,9-11H2,1-8H3,(H,18,22)/t12-/m1/s1. The molecule has 0 aliphatic heterocycles. The fraction of sp³-hybridized carbons (Fsp3) is 0.824. The van der Waals surface area contributed by atoms with Gasteiger partial charge >= 0.3 is 12.1 Å². The smallest absolute Gasteiger partial charge is 0.408 e. The lowest BCUT2D eigenvalue weighted by Gasteiger charge is -2.26. The van der Waals surface area contributed by atoms with Gasteiger partial charge in [-0.05, 0) is 54.4 Å². The summed E-state index contributed by atoms with van der Waals surface area (Å²) in [4.78, 5) is 40.8. The van der Waals surface area contributed by atoms with Crippen molar-refractivity contribution in [3.63, 3.8) is 0 Å². The number of ether oxygens (including phenoxy) is 2. The molecule has 0 saturated carbocycles. The Hall–Kier alpha value is -1.83. The van der Waals surface area contributed by atoms with Crippen LogP contribution in [-0.4, -0.2) is 54.4 Å². The summed E-state index contributed by atoms with van der Waals surface area (Å²) in [6, 6.07) is -0.894. The minimum Gasteiger partial charge on any atom is -0.458 e. The normalized spacial score (nSPS) is 13.0. The number of hydrogen-bond acceptors (Lipinski definition) is 6. The Balaban J connectivity index is 4.81. The lowest BCUT2D eigenvalue weighted by molar-refractivity contribution is -0.169. The summed E-state index contributed by atoms with van der Waals surface area (Å²) in [5.74, 6) is -0.784. The predicted octanol–water partition coefficient (Wildman–Crippen LogP) is 2.41. The molecule has 2 amide bonds. The summed E-state index contributed by atoms with van der Waals surface area (Å²) in [5.41, 5.74) is -1.36. The van der Waals surface area contributed by atoms with Crippen LogP contribution in [-0.2, 0) is 23.9 Å². The molecule has 0 aliphatic rings. The highest BCUT2D eigenvalue weighted by atomic mass is 16.7. The van der Waals surface area contributed by atoms with Gasteiger partial charge in [-0.25, -0.2) is 14.7 Å². The van der Waals surface area contributed by atoms with E-state index in [-0.39, 0.29) is 18.7 Å². The van der Waals surface area contributed by atoms with Crippen molar-refractivity contribution in [1.82, 2.24) is 10.4 Å². The average Bonchev–Trinajstić information content (AvgIpc) is 2.41. The van der Waals surface area contributed by atoms with Crippen molar-refractivity contribution in [2.75, 3.05) is 14.2 Å². The fourth-order valence-electron chi connectivity index (χ4n) is 1.79. The molecule has 0 aromatic heterocycles. The van der Waals surface area contributed by atoms with Crippen molar-refractivity contribution in [2.24, 2.45) is 0 Å². The van der Waals surface area contributed by atoms with Crippen molar-refractivity contribution in [3.8, 4) is 0 Å². The first-order valence-electron chi connectivity index (χ1n) is 8.28. The largest absolute Gasteiger partial charge is 0.458 e. The van der Waals surface area contributed by atoms with E-state index in [9.17, 15) is 14.4 Å². The maximum absolute atomic E-state index is 12.3. The first-order valence-corrected chi connectivity index (χ1v) is 8.28. The van der Waals surface area contributed by atoms with Crippen LogP contribution in [0, 0.1) is 0 Å². The van der Waals surface area contributed by atoms with Gasteiger partial charge in [0.15, 0.2) is 0 Å². The van der Waals surface area contributed by atoms with Gasteiger partial charge in [-0.3, -0.25) is 9.63 Å². The Morgan fingerprint density at radius 1 is 1.00 bits per heavy atom. The molecule has 0 radical (unpaired) electrons. The molecule has 0 bridgehead atoms. The summed E-state index contributed by atoms with van der Waals surface area (Å²) < 4.78 is 10.5. The average molecular weight is 360 g/mol. The van der Waals surface area contributed by atoms with E-state index in [0.29, 0.717) is 6.42 Å². The van der Waals surface area contributed by atoms with Gasteiger partial charge in [0.1, 0.15) is 17.2 Å². The van der Waals surface area contributed by atoms with Crippen LogP contribution in [0.25, 0.3) is 0 Å². The van der Waals surface area contributed by atoms with Crippen molar-refractivity contribution < 1.29 is 28.7 Å². The predicted molar refractivity (Wildman–Crippen MR) is 92.6 cm³/mol. The number of alkyl carbamates (subject to hydrolysis) is 1. The minimum absolute atomic E-state index is 0.180. The molecular formula is C17H32N2O6. The third-order valence-electron chi connectivity index (χ3n) is 2.89. The molecule has 0 aliphatic carbocycles. The molecule has 0 saturated heterocycles. The van der Waals surface area contributed by atoms with Crippen molar-refractivity contribution in [3.05, 3.63) is 0 Å². The molecule has 0 aromatic rings. The van der Waals surface area contributed by atoms with E-state index in [1.165, 1.54) is 14.2 Å². The van der Waals surface area contributed by atoms with Crippen LogP contribution in [0.4, 0.5) is 4.79 Å². The third kappa shape index (κ3) is 11.4. The van der Waals surface area contributed by atoms with Crippen molar-refractivity contribution >= 4 is 18.0 Å². The van der Waals surface area contributed by atoms with Crippen LogP contribution in [0.3, 0.4) is 0 Å². The van der Waals surface area contributed by atoms with Gasteiger partial charge in [0, 0.05) is 13.5 Å². The highest BCUT2D eigenvalue weighted by Crippen LogP contribution is 2.13. The van der Waals surface area contributed by atoms with Crippen LogP contribution in [0.1, 0.15) is 60.8 Å². The quantitative estimate of drug-likeness (QED) is 0.553. The number of rotatable bonds is 7. The summed E-state index contributed by atoms with van der Waals surface area (Å²) >= 11 is 0. The fourth-order valence-corrected chi connectivity index (χ4v) is 1.79. The zero-order chi connectivity index (χ0) is 19.8. The van der Waals surface area contributed by atoms with Gasteiger partial charge in [0.2, 0.25) is 5.91 Å². The van der Waals surface area contributed by atoms with Crippen LogP contribution in [0.5, 0.6) is 0 Å². The van der Waals surface area contributed by atoms with E-state index in [1.807, 2.05) is 0 Å². The summed E-state index contributed by atoms with van der Waals surface area (Å²) in [7, 11) is 2.90. The number of carbonyl (C=O) groups excluding carboxylic acids is 3. The lowest BCUT2D eigenvalue weighted by atomic mass is 10.1. The molecule has 1 N–H and O–H groups in total. The molecule has 146 valence electrons. The number of amides is 2. The van der Waals surface area contributed by atoms with Crippen molar-refractivity contribution in [1.29, 1.82) is 0 Å². The summed E-state index contributed by atoms with van der Waals surface area (Å²) in [6.45, 7) is 10.4. The van der Waals surface area contributed by atoms with Crippen LogP contribution >= 0.6 is 0 Å². The van der Waals surface area contributed by atoms with Gasteiger partial charge in [0.25, 0.3) is 0 Å². The Morgan fingerprint density at radius 3 is 1.96 bits per heavy atom. The second-order valence-corrected chi connectivity index (χ2v) is 7.70. The van der Waals surface area contributed by atoms with Gasteiger partial charge in [-0.1, -0.05) is 0 Å². The molecule has 0 heterocycles. The van der Waals surface area contributed by atoms with Gasteiger partial charge in [0.05, 0.1) is 7.11 Å². The van der Waals surface area contributed by atoms with E-state index in [1.54, 1.807) is 41.5 Å². The first kappa shape index (κ1) is 23.2. The van der Waals surface area contributed by atoms with Crippen molar-refractivity contribution in [2.45, 2.75) is 78.0 Å². The molecule has 25 heavy (non-hydrogen) atoms. The number of hydroxylamine groups is 2. The maximum Gasteiger partial charge on any atom is 0.408 e. The molecular weight excluding hydrogens is 328 g/mol. The molecule has 0 unspecified atom stereocenters. The van der Waals surface area contributed by atoms with E-state index in [2.05, 4.69) is 5.32 Å². The van der Waals surface area contributed by atoms with Gasteiger partial charge in [-0.2, -0.15) is 0 Å². The van der Waals surface area contributed by atoms with Crippen LogP contribution in [0.15, 0.2) is 0 Å². The highest BCUT2D eigenvalue weighted by Gasteiger charge is 2.28. The first-order chi connectivity index (χ1) is 11.2. The molecule has 0 rings (SSSR count). The minimum atomic E-state index is -0.894.